The summed E-state index contributed by atoms with van der Waals surface area (Å²) in [4.78, 5) is 31.9. The van der Waals surface area contributed by atoms with Gasteiger partial charge in [0, 0.05) is 21.9 Å². The van der Waals surface area contributed by atoms with Gasteiger partial charge in [-0.2, -0.15) is 0 Å². The molecule has 2 aromatic carbocycles. The van der Waals surface area contributed by atoms with Gasteiger partial charge >= 0.3 is 59.1 Å². The summed E-state index contributed by atoms with van der Waals surface area (Å²) >= 11 is 0. The molecule has 0 saturated heterocycles. The molecule has 2 heterocycles. The Balaban J connectivity index is 0.00000210. The summed E-state index contributed by atoms with van der Waals surface area (Å²) in [6.07, 6.45) is 0. The molecule has 0 saturated carbocycles. The maximum atomic E-state index is 11.5. The summed E-state index contributed by atoms with van der Waals surface area (Å²) in [6.45, 7) is 0. The number of nitrogens with zero attached hydrogens (tertiary/aromatic N) is 2. The third-order valence-corrected chi connectivity index (χ3v) is 4.13. The van der Waals surface area contributed by atoms with Gasteiger partial charge in [0.25, 0.3) is 0 Å². The van der Waals surface area contributed by atoms with Gasteiger partial charge in [0.15, 0.2) is 0 Å². The van der Waals surface area contributed by atoms with Gasteiger partial charge in [-0.05, 0) is 24.3 Å². The second-order valence-electron chi connectivity index (χ2n) is 5.72. The van der Waals surface area contributed by atoms with E-state index in [0.717, 1.165) is 0 Å². The van der Waals surface area contributed by atoms with Gasteiger partial charge in [0.05, 0.1) is 34.4 Å². The van der Waals surface area contributed by atoms with E-state index in [1.165, 1.54) is 12.1 Å². The molecule has 0 aliphatic rings. The van der Waals surface area contributed by atoms with Crippen molar-refractivity contribution in [2.75, 3.05) is 0 Å². The average Bonchev–Trinajstić information content (AvgIpc) is 2.66. The first-order valence-corrected chi connectivity index (χ1v) is 7.77. The molecule has 8 nitrogen and oxygen atoms in total. The van der Waals surface area contributed by atoms with Crippen molar-refractivity contribution in [2.45, 2.75) is 0 Å². The van der Waals surface area contributed by atoms with Crippen LogP contribution in [0.25, 0.3) is 33.2 Å². The predicted molar refractivity (Wildman–Crippen MR) is 98.4 cm³/mol. The number of fused-ring (bicyclic) bond motifs is 2. The van der Waals surface area contributed by atoms with Crippen LogP contribution in [0.1, 0.15) is 20.7 Å². The second kappa shape index (κ2) is 11.5. The van der Waals surface area contributed by atoms with Crippen molar-refractivity contribution in [3.8, 4) is 11.4 Å². The fourth-order valence-corrected chi connectivity index (χ4v) is 2.95. The van der Waals surface area contributed by atoms with Crippen LogP contribution in [0.15, 0.2) is 60.7 Å². The molecule has 0 atom stereocenters. The molecule has 142 valence electrons. The van der Waals surface area contributed by atoms with Gasteiger partial charge < -0.3 is 30.8 Å². The zero-order valence-electron chi connectivity index (χ0n) is 16.3. The number of aromatic carboxylic acids is 2. The molecular weight excluding hydrogens is 410 g/mol. The number of rotatable bonds is 3. The van der Waals surface area contributed by atoms with Gasteiger partial charge in [-0.15, -0.1) is 0 Å². The van der Waals surface area contributed by atoms with Crippen LogP contribution in [0.3, 0.4) is 0 Å². The standard InChI is InChI=1S/C20H12N2O4.2Na.2H2O/c23-19(24)13-9-17(21-15-7-3-1-5-11(13)15)18-10-14(20(25)26)12-6-2-4-8-16(12)22-18;;;;/h1-10H,(H,23,24)(H,25,26);;;2*1H2/q;2*+1;;/p-2. The minimum Gasteiger partial charge on any atom is -0.545 e. The van der Waals surface area contributed by atoms with Crippen molar-refractivity contribution < 1.29 is 89.9 Å². The van der Waals surface area contributed by atoms with E-state index >= 15 is 0 Å². The summed E-state index contributed by atoms with van der Waals surface area (Å²) in [5, 5.41) is 23.9. The van der Waals surface area contributed by atoms with E-state index in [1.54, 1.807) is 48.5 Å². The number of aromatic nitrogens is 2. The van der Waals surface area contributed by atoms with Crippen LogP contribution in [0.5, 0.6) is 0 Å². The molecule has 0 amide bonds. The zero-order chi connectivity index (χ0) is 18.3. The molecule has 4 aromatic rings. The molecule has 10 heteroatoms. The molecule has 0 aliphatic heterocycles. The average molecular weight is 424 g/mol. The molecular formula is C20H14N2Na2O6. The van der Waals surface area contributed by atoms with Gasteiger partial charge in [0.2, 0.25) is 0 Å². The van der Waals surface area contributed by atoms with Gasteiger partial charge in [-0.3, -0.25) is 0 Å². The smallest absolute Gasteiger partial charge is 0.545 e. The molecule has 0 spiro atoms. The van der Waals surface area contributed by atoms with E-state index in [1.807, 2.05) is 0 Å². The van der Waals surface area contributed by atoms with Crippen LogP contribution in [-0.4, -0.2) is 32.9 Å². The predicted octanol–water partition coefficient (Wildman–Crippen LogP) is -6.46. The Labute approximate surface area is 215 Å². The summed E-state index contributed by atoms with van der Waals surface area (Å²) in [6, 6.07) is 16.2. The van der Waals surface area contributed by atoms with E-state index in [-0.39, 0.29) is 92.6 Å². The van der Waals surface area contributed by atoms with Crippen molar-refractivity contribution in [1.82, 2.24) is 9.97 Å². The Morgan fingerprint density at radius 1 is 0.633 bits per heavy atom. The summed E-state index contributed by atoms with van der Waals surface area (Å²) in [5.74, 6) is -2.68. The van der Waals surface area contributed by atoms with Crippen molar-refractivity contribution in [1.29, 1.82) is 0 Å². The summed E-state index contributed by atoms with van der Waals surface area (Å²) in [7, 11) is 0. The van der Waals surface area contributed by atoms with Crippen molar-refractivity contribution in [2.24, 2.45) is 0 Å². The van der Waals surface area contributed by atoms with Crippen molar-refractivity contribution in [3.63, 3.8) is 0 Å². The molecule has 4 rings (SSSR count). The van der Waals surface area contributed by atoms with Crippen LogP contribution in [0, 0.1) is 0 Å². The number of carbonyl (C=O) groups is 2. The van der Waals surface area contributed by atoms with E-state index in [4.69, 9.17) is 0 Å². The third-order valence-electron chi connectivity index (χ3n) is 4.13. The molecule has 0 bridgehead atoms. The molecule has 2 aromatic heterocycles. The Hall–Kier alpha value is -1.88. The third kappa shape index (κ3) is 5.23. The summed E-state index contributed by atoms with van der Waals surface area (Å²) < 4.78 is 0. The molecule has 0 radical (unpaired) electrons. The number of benzene rings is 2. The van der Waals surface area contributed by atoms with Gasteiger partial charge in [-0.1, -0.05) is 36.4 Å². The van der Waals surface area contributed by atoms with E-state index < -0.39 is 11.9 Å². The van der Waals surface area contributed by atoms with E-state index in [9.17, 15) is 19.8 Å². The van der Waals surface area contributed by atoms with Crippen molar-refractivity contribution >= 4 is 33.7 Å². The zero-order valence-corrected chi connectivity index (χ0v) is 20.3. The quantitative estimate of drug-likeness (QED) is 0.296. The van der Waals surface area contributed by atoms with Crippen molar-refractivity contribution in [3.05, 3.63) is 71.8 Å². The first-order chi connectivity index (χ1) is 12.5. The first-order valence-electron chi connectivity index (χ1n) is 7.77. The molecule has 0 aliphatic carbocycles. The normalized spacial score (nSPS) is 9.47. The van der Waals surface area contributed by atoms with Gasteiger partial charge in [0.1, 0.15) is 0 Å². The number of carboxylic acids is 2. The van der Waals surface area contributed by atoms with Crippen LogP contribution in [0.4, 0.5) is 0 Å². The van der Waals surface area contributed by atoms with E-state index in [2.05, 4.69) is 9.97 Å². The second-order valence-corrected chi connectivity index (χ2v) is 5.72. The maximum Gasteiger partial charge on any atom is 1.00 e. The molecule has 0 fully saturated rings. The molecule has 30 heavy (non-hydrogen) atoms. The van der Waals surface area contributed by atoms with Gasteiger partial charge in [-0.25, -0.2) is 9.97 Å². The Morgan fingerprint density at radius 2 is 0.967 bits per heavy atom. The summed E-state index contributed by atoms with van der Waals surface area (Å²) in [5.41, 5.74) is 1.33. The number of para-hydroxylation sites is 2. The Morgan fingerprint density at radius 3 is 1.30 bits per heavy atom. The van der Waals surface area contributed by atoms with Crippen LogP contribution >= 0.6 is 0 Å². The number of hydrogen-bond acceptors (Lipinski definition) is 6. The number of carbonyl (C=O) groups excluding carboxylic acids is 2. The number of pyridine rings is 2. The monoisotopic (exact) mass is 424 g/mol. The fourth-order valence-electron chi connectivity index (χ4n) is 2.95. The Bertz CT molecular complexity index is 1120. The first kappa shape index (κ1) is 28.1. The minimum atomic E-state index is -1.34. The number of hydrogen-bond donors (Lipinski definition) is 0. The molecule has 0 unspecified atom stereocenters. The van der Waals surface area contributed by atoms with Crippen LogP contribution in [0.2, 0.25) is 0 Å². The maximum absolute atomic E-state index is 11.5. The minimum absolute atomic E-state index is 0. The largest absolute Gasteiger partial charge is 1.00 e. The van der Waals surface area contributed by atoms with Crippen LogP contribution < -0.4 is 69.3 Å². The Kier molecular flexibility index (Phi) is 10.8. The topological polar surface area (TPSA) is 169 Å². The fraction of sp³-hybridized carbons (Fsp3) is 0. The molecule has 4 N–H and O–H groups in total. The number of carboxylic acid groups (broad SMARTS) is 2. The SMILES string of the molecule is O.O.O=C([O-])c1cc(-c2cc(C(=O)[O-])c3ccccc3n2)nc2ccccc12.[Na+].[Na+]. The van der Waals surface area contributed by atoms with Crippen LogP contribution in [-0.2, 0) is 0 Å². The van der Waals surface area contributed by atoms with E-state index in [0.29, 0.717) is 21.8 Å².